The summed E-state index contributed by atoms with van der Waals surface area (Å²) in [4.78, 5) is 2.69. The van der Waals surface area contributed by atoms with Gasteiger partial charge in [0.25, 0.3) is 0 Å². The Kier molecular flexibility index (Phi) is 5.77. The van der Waals surface area contributed by atoms with Crippen molar-refractivity contribution in [3.8, 4) is 0 Å². The van der Waals surface area contributed by atoms with Crippen LogP contribution in [0.1, 0.15) is 43.8 Å². The number of hydrogen-bond acceptors (Lipinski definition) is 3. The maximum atomic E-state index is 12.9. The fourth-order valence-electron chi connectivity index (χ4n) is 3.88. The molecule has 3 rings (SSSR count). The van der Waals surface area contributed by atoms with Gasteiger partial charge >= 0.3 is 0 Å². The van der Waals surface area contributed by atoms with E-state index in [2.05, 4.69) is 4.90 Å². The third-order valence-corrected chi connectivity index (χ3v) is 6.31. The average molecular weight is 323 g/mol. The maximum Gasteiger partial charge on any atom is 0.123 e. The van der Waals surface area contributed by atoms with Gasteiger partial charge in [0.2, 0.25) is 0 Å². The number of rotatable bonds is 5. The standard InChI is InChI=1S/C18H26FNOS/c19-16-8-6-14(7-9-16)18(21)13-22-12-15-4-3-11-20-10-2-1-5-17(15)20/h6-9,15,17-18,21H,1-5,10-13H2/t15-,17+,18?/m0/s1. The van der Waals surface area contributed by atoms with Gasteiger partial charge in [-0.1, -0.05) is 18.6 Å². The third kappa shape index (κ3) is 4.03. The van der Waals surface area contributed by atoms with E-state index >= 15 is 0 Å². The van der Waals surface area contributed by atoms with Gasteiger partial charge in [-0.05, 0) is 68.1 Å². The Morgan fingerprint density at radius 3 is 2.73 bits per heavy atom. The largest absolute Gasteiger partial charge is 0.388 e. The van der Waals surface area contributed by atoms with Crippen molar-refractivity contribution in [2.45, 2.75) is 44.2 Å². The SMILES string of the molecule is OC(CSC[C@@H]1CCCN2CCCC[C@H]12)c1ccc(F)cc1. The first-order chi connectivity index (χ1) is 10.7. The molecule has 0 aromatic heterocycles. The highest BCUT2D eigenvalue weighted by Crippen LogP contribution is 2.33. The average Bonchev–Trinajstić information content (AvgIpc) is 2.55. The Morgan fingerprint density at radius 2 is 1.91 bits per heavy atom. The minimum atomic E-state index is -0.489. The molecule has 2 aliphatic rings. The molecule has 22 heavy (non-hydrogen) atoms. The van der Waals surface area contributed by atoms with E-state index in [9.17, 15) is 9.50 Å². The summed E-state index contributed by atoms with van der Waals surface area (Å²) in [5, 5.41) is 10.2. The van der Waals surface area contributed by atoms with Crippen molar-refractivity contribution in [2.24, 2.45) is 5.92 Å². The molecule has 2 aliphatic heterocycles. The van der Waals surface area contributed by atoms with Crippen LogP contribution < -0.4 is 0 Å². The highest BCUT2D eigenvalue weighted by molar-refractivity contribution is 7.99. The highest BCUT2D eigenvalue weighted by atomic mass is 32.2. The zero-order valence-corrected chi connectivity index (χ0v) is 13.9. The van der Waals surface area contributed by atoms with Crippen LogP contribution in [-0.2, 0) is 0 Å². The molecule has 0 radical (unpaired) electrons. The van der Waals surface area contributed by atoms with E-state index in [0.29, 0.717) is 5.75 Å². The topological polar surface area (TPSA) is 23.5 Å². The number of aliphatic hydroxyl groups is 1. The molecule has 3 atom stereocenters. The van der Waals surface area contributed by atoms with Crippen LogP contribution in [0.5, 0.6) is 0 Å². The predicted octanol–water partition coefficient (Wildman–Crippen LogP) is 3.86. The lowest BCUT2D eigenvalue weighted by atomic mass is 9.85. The van der Waals surface area contributed by atoms with Gasteiger partial charge in [-0.15, -0.1) is 0 Å². The second-order valence-corrected chi connectivity index (χ2v) is 7.68. The van der Waals surface area contributed by atoms with Gasteiger partial charge in [-0.25, -0.2) is 4.39 Å². The smallest absolute Gasteiger partial charge is 0.123 e. The molecular formula is C18H26FNOS. The molecule has 1 aromatic rings. The van der Waals surface area contributed by atoms with Gasteiger partial charge in [0.1, 0.15) is 5.82 Å². The highest BCUT2D eigenvalue weighted by Gasteiger charge is 2.32. The molecule has 1 aromatic carbocycles. The fourth-order valence-corrected chi connectivity index (χ4v) is 5.13. The molecule has 122 valence electrons. The molecule has 4 heteroatoms. The minimum absolute atomic E-state index is 0.247. The molecule has 2 nitrogen and oxygen atoms in total. The van der Waals surface area contributed by atoms with Gasteiger partial charge in [-0.3, -0.25) is 0 Å². The molecule has 0 aliphatic carbocycles. The number of hydrogen-bond donors (Lipinski definition) is 1. The van der Waals surface area contributed by atoms with Gasteiger partial charge in [-0.2, -0.15) is 11.8 Å². The third-order valence-electron chi connectivity index (χ3n) is 5.09. The molecule has 2 heterocycles. The molecule has 2 fully saturated rings. The second-order valence-electron chi connectivity index (χ2n) is 6.61. The van der Waals surface area contributed by atoms with Crippen LogP contribution in [0.3, 0.4) is 0 Å². The lowest BCUT2D eigenvalue weighted by Crippen LogP contribution is -2.48. The van der Waals surface area contributed by atoms with E-state index in [-0.39, 0.29) is 5.82 Å². The maximum absolute atomic E-state index is 12.9. The first-order valence-corrected chi connectivity index (χ1v) is 9.65. The summed E-state index contributed by atoms with van der Waals surface area (Å²) in [5.41, 5.74) is 0.817. The Labute approximate surface area is 137 Å². The van der Waals surface area contributed by atoms with Crippen molar-refractivity contribution in [3.63, 3.8) is 0 Å². The van der Waals surface area contributed by atoms with Crippen LogP contribution in [0.15, 0.2) is 24.3 Å². The van der Waals surface area contributed by atoms with Crippen LogP contribution in [0.25, 0.3) is 0 Å². The number of benzene rings is 1. The van der Waals surface area contributed by atoms with Gasteiger partial charge in [0.15, 0.2) is 0 Å². The van der Waals surface area contributed by atoms with Crippen LogP contribution in [-0.4, -0.2) is 40.6 Å². The van der Waals surface area contributed by atoms with Gasteiger partial charge in [0, 0.05) is 11.8 Å². The lowest BCUT2D eigenvalue weighted by molar-refractivity contribution is 0.0692. The summed E-state index contributed by atoms with van der Waals surface area (Å²) in [7, 11) is 0. The van der Waals surface area contributed by atoms with Crippen molar-refractivity contribution >= 4 is 11.8 Å². The van der Waals surface area contributed by atoms with E-state index in [0.717, 1.165) is 23.3 Å². The van der Waals surface area contributed by atoms with E-state index < -0.39 is 6.10 Å². The number of piperidine rings is 2. The van der Waals surface area contributed by atoms with Crippen LogP contribution in [0, 0.1) is 11.7 Å². The molecule has 1 unspecified atom stereocenters. The molecule has 0 saturated carbocycles. The minimum Gasteiger partial charge on any atom is -0.388 e. The Balaban J connectivity index is 1.46. The van der Waals surface area contributed by atoms with Crippen LogP contribution >= 0.6 is 11.8 Å². The first-order valence-electron chi connectivity index (χ1n) is 8.49. The normalized spacial score (nSPS) is 27.4. The summed E-state index contributed by atoms with van der Waals surface area (Å²) in [6.07, 6.45) is 6.26. The van der Waals surface area contributed by atoms with Crippen molar-refractivity contribution in [3.05, 3.63) is 35.6 Å². The summed E-state index contributed by atoms with van der Waals surface area (Å²) >= 11 is 1.85. The fraction of sp³-hybridized carbons (Fsp3) is 0.667. The zero-order chi connectivity index (χ0) is 15.4. The van der Waals surface area contributed by atoms with Gasteiger partial charge in [0.05, 0.1) is 6.10 Å². The monoisotopic (exact) mass is 323 g/mol. The van der Waals surface area contributed by atoms with E-state index in [1.165, 1.54) is 57.3 Å². The molecule has 0 spiro atoms. The van der Waals surface area contributed by atoms with E-state index in [1.807, 2.05) is 11.8 Å². The predicted molar refractivity (Wildman–Crippen MR) is 90.6 cm³/mol. The van der Waals surface area contributed by atoms with Crippen molar-refractivity contribution < 1.29 is 9.50 Å². The Bertz CT molecular complexity index is 465. The van der Waals surface area contributed by atoms with Crippen LogP contribution in [0.2, 0.25) is 0 Å². The number of fused-ring (bicyclic) bond motifs is 1. The molecule has 0 bridgehead atoms. The molecule has 0 amide bonds. The van der Waals surface area contributed by atoms with Crippen LogP contribution in [0.4, 0.5) is 4.39 Å². The second kappa shape index (κ2) is 7.80. The summed E-state index contributed by atoms with van der Waals surface area (Å²) < 4.78 is 12.9. The summed E-state index contributed by atoms with van der Waals surface area (Å²) in [5.74, 6) is 2.37. The lowest BCUT2D eigenvalue weighted by Gasteiger charge is -2.44. The van der Waals surface area contributed by atoms with Crippen molar-refractivity contribution in [2.75, 3.05) is 24.6 Å². The summed E-state index contributed by atoms with van der Waals surface area (Å²) in [6.45, 7) is 2.56. The summed E-state index contributed by atoms with van der Waals surface area (Å²) in [6, 6.07) is 6.99. The Morgan fingerprint density at radius 1 is 1.14 bits per heavy atom. The number of halogens is 1. The van der Waals surface area contributed by atoms with Crippen molar-refractivity contribution in [1.82, 2.24) is 4.90 Å². The zero-order valence-electron chi connectivity index (χ0n) is 13.1. The number of aliphatic hydroxyl groups excluding tert-OH is 1. The molecular weight excluding hydrogens is 297 g/mol. The van der Waals surface area contributed by atoms with E-state index in [1.54, 1.807) is 12.1 Å². The van der Waals surface area contributed by atoms with Crippen molar-refractivity contribution in [1.29, 1.82) is 0 Å². The first kappa shape index (κ1) is 16.3. The van der Waals surface area contributed by atoms with E-state index in [4.69, 9.17) is 0 Å². The molecule has 1 N–H and O–H groups in total. The quantitative estimate of drug-likeness (QED) is 0.890. The number of nitrogens with zero attached hydrogens (tertiary/aromatic N) is 1. The van der Waals surface area contributed by atoms with Gasteiger partial charge < -0.3 is 10.0 Å². The molecule has 2 saturated heterocycles. The Hall–Kier alpha value is -0.580. The number of thioether (sulfide) groups is 1.